The minimum absolute atomic E-state index is 0.367. The van der Waals surface area contributed by atoms with Crippen LogP contribution < -0.4 is 11.0 Å². The van der Waals surface area contributed by atoms with E-state index < -0.39 is 5.60 Å². The van der Waals surface area contributed by atoms with E-state index in [1.54, 1.807) is 12.1 Å². The molecule has 0 bridgehead atoms. The molecule has 2 heterocycles. The van der Waals surface area contributed by atoms with Crippen LogP contribution in [-0.2, 0) is 0 Å². The first kappa shape index (κ1) is 13.1. The summed E-state index contributed by atoms with van der Waals surface area (Å²) in [5.41, 5.74) is -0.574. The fraction of sp³-hybridized carbons (Fsp3) is 0.615. The molecule has 1 fully saturated rings. The van der Waals surface area contributed by atoms with Crippen LogP contribution in [0.3, 0.4) is 0 Å². The molecule has 2 aromatic heterocycles. The van der Waals surface area contributed by atoms with Crippen LogP contribution in [0.25, 0.3) is 5.65 Å². The summed E-state index contributed by atoms with van der Waals surface area (Å²) in [6, 6.07) is 3.46. The molecular formula is C13H19N5O2. The number of aromatic amines is 1. The highest BCUT2D eigenvalue weighted by Gasteiger charge is 2.32. The van der Waals surface area contributed by atoms with Crippen LogP contribution >= 0.6 is 0 Å². The van der Waals surface area contributed by atoms with Gasteiger partial charge in [-0.05, 0) is 30.9 Å². The first-order valence-corrected chi connectivity index (χ1v) is 6.96. The van der Waals surface area contributed by atoms with Gasteiger partial charge in [0.2, 0.25) is 0 Å². The summed E-state index contributed by atoms with van der Waals surface area (Å²) < 4.78 is 1.20. The molecule has 3 N–H and O–H groups in total. The quantitative estimate of drug-likeness (QED) is 0.770. The van der Waals surface area contributed by atoms with Crippen molar-refractivity contribution in [1.82, 2.24) is 19.8 Å². The maximum absolute atomic E-state index is 11.4. The Morgan fingerprint density at radius 2 is 2.45 bits per heavy atom. The number of hydrogen-bond acceptors (Lipinski definition) is 5. The molecule has 1 aliphatic rings. The van der Waals surface area contributed by atoms with Gasteiger partial charge in [0.25, 0.3) is 0 Å². The Bertz CT molecular complexity index is 664. The highest BCUT2D eigenvalue weighted by Crippen LogP contribution is 2.32. The van der Waals surface area contributed by atoms with Crippen molar-refractivity contribution in [2.45, 2.75) is 38.2 Å². The number of H-pyrrole nitrogens is 1. The van der Waals surface area contributed by atoms with E-state index in [9.17, 15) is 9.90 Å². The fourth-order valence-electron chi connectivity index (χ4n) is 2.95. The molecule has 7 heteroatoms. The maximum Gasteiger partial charge on any atom is 0.364 e. The summed E-state index contributed by atoms with van der Waals surface area (Å²) in [5.74, 6) is 1.11. The molecule has 20 heavy (non-hydrogen) atoms. The van der Waals surface area contributed by atoms with E-state index in [0.717, 1.165) is 19.3 Å². The summed E-state index contributed by atoms with van der Waals surface area (Å²) >= 11 is 0. The molecule has 108 valence electrons. The lowest BCUT2D eigenvalue weighted by atomic mass is 9.79. The van der Waals surface area contributed by atoms with Gasteiger partial charge in [0, 0.05) is 6.54 Å². The first-order chi connectivity index (χ1) is 9.56. The van der Waals surface area contributed by atoms with Gasteiger partial charge in [-0.25, -0.2) is 9.89 Å². The monoisotopic (exact) mass is 277 g/mol. The lowest BCUT2D eigenvalue weighted by Crippen LogP contribution is -2.41. The Hall–Kier alpha value is -1.89. The summed E-state index contributed by atoms with van der Waals surface area (Å²) in [5, 5.41) is 24.0. The normalized spacial score (nSPS) is 26.8. The zero-order valence-corrected chi connectivity index (χ0v) is 11.5. The van der Waals surface area contributed by atoms with E-state index in [0.29, 0.717) is 23.9 Å². The lowest BCUT2D eigenvalue weighted by Gasteiger charge is -2.35. The second-order valence-electron chi connectivity index (χ2n) is 5.80. The smallest absolute Gasteiger partial charge is 0.364 e. The number of nitrogens with one attached hydrogen (secondary N) is 2. The van der Waals surface area contributed by atoms with Crippen LogP contribution in [0.15, 0.2) is 16.9 Å². The molecular weight excluding hydrogens is 258 g/mol. The standard InChI is InChI=1S/C13H19N5O2/c1-9-3-2-6-13(20,7-9)8-14-10-4-5-11-15-16-12(19)18(11)17-10/h4-5,9,20H,2-3,6-8H2,1H3,(H,14,17)(H,16,19). The Balaban J connectivity index is 1.73. The van der Waals surface area contributed by atoms with Gasteiger partial charge in [-0.3, -0.25) is 0 Å². The van der Waals surface area contributed by atoms with Crippen molar-refractivity contribution in [2.75, 3.05) is 11.9 Å². The van der Waals surface area contributed by atoms with Crippen molar-refractivity contribution in [3.63, 3.8) is 0 Å². The van der Waals surface area contributed by atoms with Crippen molar-refractivity contribution in [3.05, 3.63) is 22.6 Å². The third-order valence-electron chi connectivity index (χ3n) is 3.94. The maximum atomic E-state index is 11.4. The Morgan fingerprint density at radius 3 is 3.25 bits per heavy atom. The predicted octanol–water partition coefficient (Wildman–Crippen LogP) is 0.771. The molecule has 0 saturated heterocycles. The Labute approximate surface area is 116 Å². The predicted molar refractivity (Wildman–Crippen MR) is 74.7 cm³/mol. The third kappa shape index (κ3) is 2.53. The second kappa shape index (κ2) is 4.90. The minimum Gasteiger partial charge on any atom is -0.388 e. The van der Waals surface area contributed by atoms with Crippen molar-refractivity contribution >= 4 is 11.5 Å². The topological polar surface area (TPSA) is 95.3 Å². The van der Waals surface area contributed by atoms with Gasteiger partial charge in [0.1, 0.15) is 5.82 Å². The second-order valence-corrected chi connectivity index (χ2v) is 5.80. The van der Waals surface area contributed by atoms with E-state index in [4.69, 9.17) is 0 Å². The van der Waals surface area contributed by atoms with Gasteiger partial charge in [0.15, 0.2) is 5.65 Å². The molecule has 0 radical (unpaired) electrons. The van der Waals surface area contributed by atoms with E-state index >= 15 is 0 Å². The largest absolute Gasteiger partial charge is 0.388 e. The molecule has 7 nitrogen and oxygen atoms in total. The minimum atomic E-state index is -0.685. The summed E-state index contributed by atoms with van der Waals surface area (Å²) in [6.07, 6.45) is 3.83. The number of rotatable bonds is 3. The van der Waals surface area contributed by atoms with Crippen molar-refractivity contribution < 1.29 is 5.11 Å². The lowest BCUT2D eigenvalue weighted by molar-refractivity contribution is -0.000840. The Morgan fingerprint density at radius 1 is 1.60 bits per heavy atom. The average Bonchev–Trinajstić information content (AvgIpc) is 2.78. The van der Waals surface area contributed by atoms with E-state index in [1.807, 2.05) is 0 Å². The molecule has 1 saturated carbocycles. The Kier molecular flexibility index (Phi) is 3.21. The SMILES string of the molecule is CC1CCCC(O)(CNc2ccc3n[nH]c(=O)n3n2)C1. The van der Waals surface area contributed by atoms with Crippen LogP contribution in [-0.4, -0.2) is 37.1 Å². The van der Waals surface area contributed by atoms with Gasteiger partial charge in [-0.15, -0.1) is 5.10 Å². The van der Waals surface area contributed by atoms with E-state index in [-0.39, 0.29) is 5.69 Å². The highest BCUT2D eigenvalue weighted by atomic mass is 16.3. The molecule has 0 aromatic carbocycles. The molecule has 2 unspecified atom stereocenters. The van der Waals surface area contributed by atoms with Gasteiger partial charge in [-0.2, -0.15) is 9.61 Å². The number of aromatic nitrogens is 4. The van der Waals surface area contributed by atoms with E-state index in [2.05, 4.69) is 27.5 Å². The van der Waals surface area contributed by atoms with Crippen LogP contribution in [0.1, 0.15) is 32.6 Å². The van der Waals surface area contributed by atoms with Gasteiger partial charge >= 0.3 is 5.69 Å². The number of anilines is 1. The van der Waals surface area contributed by atoms with E-state index in [1.165, 1.54) is 10.9 Å². The fourth-order valence-corrected chi connectivity index (χ4v) is 2.95. The van der Waals surface area contributed by atoms with Crippen molar-refractivity contribution in [2.24, 2.45) is 5.92 Å². The number of hydrogen-bond donors (Lipinski definition) is 3. The molecule has 2 atom stereocenters. The molecule has 3 rings (SSSR count). The van der Waals surface area contributed by atoms with Crippen molar-refractivity contribution in [3.8, 4) is 0 Å². The van der Waals surface area contributed by atoms with Crippen LogP contribution in [0.5, 0.6) is 0 Å². The molecule has 0 aliphatic heterocycles. The van der Waals surface area contributed by atoms with Gasteiger partial charge < -0.3 is 10.4 Å². The first-order valence-electron chi connectivity index (χ1n) is 6.96. The number of aliphatic hydroxyl groups is 1. The van der Waals surface area contributed by atoms with Crippen LogP contribution in [0.4, 0.5) is 5.82 Å². The number of fused-ring (bicyclic) bond motifs is 1. The zero-order valence-electron chi connectivity index (χ0n) is 11.5. The van der Waals surface area contributed by atoms with Gasteiger partial charge in [-0.1, -0.05) is 19.8 Å². The summed E-state index contributed by atoms with van der Waals surface area (Å²) in [4.78, 5) is 11.4. The van der Waals surface area contributed by atoms with Crippen LogP contribution in [0, 0.1) is 5.92 Å². The summed E-state index contributed by atoms with van der Waals surface area (Å²) in [6.45, 7) is 2.61. The zero-order chi connectivity index (χ0) is 14.2. The highest BCUT2D eigenvalue weighted by molar-refractivity contribution is 5.43. The molecule has 1 aliphatic carbocycles. The third-order valence-corrected chi connectivity index (χ3v) is 3.94. The molecule has 0 amide bonds. The summed E-state index contributed by atoms with van der Waals surface area (Å²) in [7, 11) is 0. The number of nitrogens with zero attached hydrogens (tertiary/aromatic N) is 3. The average molecular weight is 277 g/mol. The van der Waals surface area contributed by atoms with Gasteiger partial charge in [0.05, 0.1) is 5.60 Å². The molecule has 2 aromatic rings. The van der Waals surface area contributed by atoms with Crippen LogP contribution in [0.2, 0.25) is 0 Å². The van der Waals surface area contributed by atoms with Crippen molar-refractivity contribution in [1.29, 1.82) is 0 Å². The molecule has 0 spiro atoms.